The first kappa shape index (κ1) is 13.5. The van der Waals surface area contributed by atoms with Gasteiger partial charge in [-0.2, -0.15) is 0 Å². The molecule has 0 heterocycles. The highest BCUT2D eigenvalue weighted by molar-refractivity contribution is 5.41. The molecule has 0 aromatic heterocycles. The molecule has 0 bridgehead atoms. The van der Waals surface area contributed by atoms with Crippen molar-refractivity contribution in [1.82, 2.24) is 0 Å². The monoisotopic (exact) mass is 263 g/mol. The van der Waals surface area contributed by atoms with E-state index in [2.05, 4.69) is 0 Å². The maximum atomic E-state index is 13.7. The van der Waals surface area contributed by atoms with Crippen LogP contribution in [0, 0.1) is 18.6 Å². The molecule has 0 aliphatic rings. The van der Waals surface area contributed by atoms with Crippen LogP contribution < -0.4 is 10.5 Å². The average molecular weight is 263 g/mol. The molecule has 2 N–H and O–H groups in total. The van der Waals surface area contributed by atoms with Gasteiger partial charge in [0.1, 0.15) is 23.1 Å². The predicted molar refractivity (Wildman–Crippen MR) is 70.2 cm³/mol. The number of aryl methyl sites for hydroxylation is 1. The fourth-order valence-corrected chi connectivity index (χ4v) is 1.81. The summed E-state index contributed by atoms with van der Waals surface area (Å²) >= 11 is 0. The van der Waals surface area contributed by atoms with Crippen molar-refractivity contribution >= 4 is 0 Å². The zero-order valence-corrected chi connectivity index (χ0v) is 10.8. The van der Waals surface area contributed by atoms with Crippen LogP contribution >= 0.6 is 0 Å². The minimum absolute atomic E-state index is 0.281. The van der Waals surface area contributed by atoms with Crippen molar-refractivity contribution in [3.8, 4) is 11.5 Å². The fraction of sp³-hybridized carbons (Fsp3) is 0.200. The molecule has 19 heavy (non-hydrogen) atoms. The molecule has 2 nitrogen and oxygen atoms in total. The normalized spacial score (nSPS) is 12.3. The van der Waals surface area contributed by atoms with Gasteiger partial charge in [0.05, 0.1) is 0 Å². The zero-order chi connectivity index (χ0) is 14.0. The molecule has 2 aromatic rings. The SMILES string of the molecule is Cc1ccc(Oc2cccc(F)c2C(C)N)cc1F. The lowest BCUT2D eigenvalue weighted by atomic mass is 10.1. The van der Waals surface area contributed by atoms with Crippen molar-refractivity contribution < 1.29 is 13.5 Å². The first-order valence-corrected chi connectivity index (χ1v) is 5.97. The van der Waals surface area contributed by atoms with E-state index in [4.69, 9.17) is 10.5 Å². The maximum absolute atomic E-state index is 13.7. The van der Waals surface area contributed by atoms with Crippen LogP contribution in [0.2, 0.25) is 0 Å². The van der Waals surface area contributed by atoms with Gasteiger partial charge >= 0.3 is 0 Å². The lowest BCUT2D eigenvalue weighted by molar-refractivity contribution is 0.456. The Morgan fingerprint density at radius 3 is 2.47 bits per heavy atom. The summed E-state index contributed by atoms with van der Waals surface area (Å²) in [7, 11) is 0. The van der Waals surface area contributed by atoms with Crippen molar-refractivity contribution in [3.05, 3.63) is 59.2 Å². The van der Waals surface area contributed by atoms with Crippen LogP contribution in [0.15, 0.2) is 36.4 Å². The second-order valence-electron chi connectivity index (χ2n) is 4.45. The van der Waals surface area contributed by atoms with Gasteiger partial charge in [-0.1, -0.05) is 12.1 Å². The van der Waals surface area contributed by atoms with E-state index < -0.39 is 11.9 Å². The Balaban J connectivity index is 2.38. The van der Waals surface area contributed by atoms with E-state index in [9.17, 15) is 8.78 Å². The molecule has 0 radical (unpaired) electrons. The summed E-state index contributed by atoms with van der Waals surface area (Å²) in [5, 5.41) is 0. The molecular weight excluding hydrogens is 248 g/mol. The topological polar surface area (TPSA) is 35.2 Å². The minimum atomic E-state index is -0.508. The lowest BCUT2D eigenvalue weighted by Crippen LogP contribution is -2.09. The summed E-state index contributed by atoms with van der Waals surface area (Å²) in [5.41, 5.74) is 6.54. The second kappa shape index (κ2) is 5.36. The summed E-state index contributed by atoms with van der Waals surface area (Å²) in [6.45, 7) is 3.33. The van der Waals surface area contributed by atoms with Crippen molar-refractivity contribution in [2.45, 2.75) is 19.9 Å². The first-order valence-electron chi connectivity index (χ1n) is 5.97. The van der Waals surface area contributed by atoms with Crippen LogP contribution in [-0.4, -0.2) is 0 Å². The summed E-state index contributed by atoms with van der Waals surface area (Å²) in [6.07, 6.45) is 0. The van der Waals surface area contributed by atoms with Gasteiger partial charge in [0.15, 0.2) is 0 Å². The number of halogens is 2. The van der Waals surface area contributed by atoms with Gasteiger partial charge in [-0.25, -0.2) is 8.78 Å². The standard InChI is InChI=1S/C15H15F2NO/c1-9-6-7-11(8-13(9)17)19-14-5-3-4-12(16)15(14)10(2)18/h3-8,10H,18H2,1-2H3. The van der Waals surface area contributed by atoms with Crippen molar-refractivity contribution in [3.63, 3.8) is 0 Å². The Morgan fingerprint density at radius 1 is 1.11 bits per heavy atom. The minimum Gasteiger partial charge on any atom is -0.457 e. The molecule has 2 aromatic carbocycles. The molecule has 0 spiro atoms. The molecule has 0 fully saturated rings. The van der Waals surface area contributed by atoms with E-state index in [-0.39, 0.29) is 11.4 Å². The predicted octanol–water partition coefficient (Wildman–Crippen LogP) is 4.09. The molecule has 0 aliphatic carbocycles. The number of nitrogens with two attached hydrogens (primary N) is 1. The highest BCUT2D eigenvalue weighted by Crippen LogP contribution is 2.31. The van der Waals surface area contributed by atoms with Crippen molar-refractivity contribution in [2.75, 3.05) is 0 Å². The second-order valence-corrected chi connectivity index (χ2v) is 4.45. The van der Waals surface area contributed by atoms with E-state index in [1.165, 1.54) is 18.2 Å². The maximum Gasteiger partial charge on any atom is 0.135 e. The third kappa shape index (κ3) is 2.90. The number of hydrogen-bond donors (Lipinski definition) is 1. The molecule has 4 heteroatoms. The Morgan fingerprint density at radius 2 is 1.84 bits per heavy atom. The highest BCUT2D eigenvalue weighted by atomic mass is 19.1. The summed E-state index contributed by atoms with van der Waals surface area (Å²) < 4.78 is 32.7. The Bertz CT molecular complexity index is 597. The quantitative estimate of drug-likeness (QED) is 0.905. The van der Waals surface area contributed by atoms with Crippen molar-refractivity contribution in [2.24, 2.45) is 5.73 Å². The smallest absolute Gasteiger partial charge is 0.135 e. The highest BCUT2D eigenvalue weighted by Gasteiger charge is 2.14. The van der Waals surface area contributed by atoms with Crippen molar-refractivity contribution in [1.29, 1.82) is 0 Å². The molecule has 1 atom stereocenters. The lowest BCUT2D eigenvalue weighted by Gasteiger charge is -2.14. The summed E-state index contributed by atoms with van der Waals surface area (Å²) in [6, 6.07) is 8.46. The van der Waals surface area contributed by atoms with Crippen LogP contribution in [0.25, 0.3) is 0 Å². The van der Waals surface area contributed by atoms with Gasteiger partial charge in [-0.05, 0) is 37.6 Å². The van der Waals surface area contributed by atoms with E-state index in [0.29, 0.717) is 17.1 Å². The molecule has 100 valence electrons. The zero-order valence-electron chi connectivity index (χ0n) is 10.8. The molecular formula is C15H15F2NO. The van der Waals surface area contributed by atoms with Crippen LogP contribution in [0.3, 0.4) is 0 Å². The molecule has 0 saturated heterocycles. The van der Waals surface area contributed by atoms with Gasteiger partial charge in [-0.3, -0.25) is 0 Å². The molecule has 1 unspecified atom stereocenters. The average Bonchev–Trinajstić information content (AvgIpc) is 2.33. The van der Waals surface area contributed by atoms with Gasteiger partial charge in [-0.15, -0.1) is 0 Å². The van der Waals surface area contributed by atoms with Crippen LogP contribution in [0.5, 0.6) is 11.5 Å². The Kier molecular flexibility index (Phi) is 3.81. The number of benzene rings is 2. The van der Waals surface area contributed by atoms with Gasteiger partial charge in [0, 0.05) is 17.7 Å². The summed E-state index contributed by atoms with van der Waals surface area (Å²) in [4.78, 5) is 0. The molecule has 0 saturated carbocycles. The van der Waals surface area contributed by atoms with E-state index in [0.717, 1.165) is 0 Å². The van der Waals surface area contributed by atoms with Crippen LogP contribution in [-0.2, 0) is 0 Å². The van der Waals surface area contributed by atoms with Crippen LogP contribution in [0.4, 0.5) is 8.78 Å². The molecule has 0 aliphatic heterocycles. The van der Waals surface area contributed by atoms with E-state index >= 15 is 0 Å². The molecule has 0 amide bonds. The van der Waals surface area contributed by atoms with Gasteiger partial charge in [0.2, 0.25) is 0 Å². The fourth-order valence-electron chi connectivity index (χ4n) is 1.81. The van der Waals surface area contributed by atoms with Crippen LogP contribution in [0.1, 0.15) is 24.1 Å². The van der Waals surface area contributed by atoms with Gasteiger partial charge < -0.3 is 10.5 Å². The van der Waals surface area contributed by atoms with Gasteiger partial charge in [0.25, 0.3) is 0 Å². The third-order valence-corrected chi connectivity index (χ3v) is 2.84. The number of hydrogen-bond acceptors (Lipinski definition) is 2. The Hall–Kier alpha value is -1.94. The number of ether oxygens (including phenoxy) is 1. The number of rotatable bonds is 3. The molecule has 2 rings (SSSR count). The van der Waals surface area contributed by atoms with E-state index in [1.807, 2.05) is 0 Å². The van der Waals surface area contributed by atoms with E-state index in [1.54, 1.807) is 32.0 Å². The largest absolute Gasteiger partial charge is 0.457 e. The third-order valence-electron chi connectivity index (χ3n) is 2.84. The summed E-state index contributed by atoms with van der Waals surface area (Å²) in [5.74, 6) is -0.176. The first-order chi connectivity index (χ1) is 8.99. The Labute approximate surface area is 110 Å².